The zero-order chi connectivity index (χ0) is 15.2. The zero-order valence-corrected chi connectivity index (χ0v) is 12.2. The van der Waals surface area contributed by atoms with Gasteiger partial charge in [0.25, 0.3) is 16.0 Å². The highest BCUT2D eigenvalue weighted by Crippen LogP contribution is 2.24. The maximum atomic E-state index is 11.8. The van der Waals surface area contributed by atoms with Gasteiger partial charge in [0.2, 0.25) is 0 Å². The molecular formula is C12H18N2O5S. The van der Waals surface area contributed by atoms with E-state index in [-0.39, 0.29) is 28.7 Å². The summed E-state index contributed by atoms with van der Waals surface area (Å²) in [7, 11) is -2.48. The van der Waals surface area contributed by atoms with Gasteiger partial charge in [0.1, 0.15) is 5.75 Å². The summed E-state index contributed by atoms with van der Waals surface area (Å²) in [5.41, 5.74) is 5.53. The van der Waals surface area contributed by atoms with E-state index in [1.807, 2.05) is 0 Å². The molecule has 1 aromatic rings. The molecule has 1 rings (SSSR count). The van der Waals surface area contributed by atoms with Gasteiger partial charge in [0.15, 0.2) is 0 Å². The van der Waals surface area contributed by atoms with Gasteiger partial charge in [0.05, 0.1) is 24.2 Å². The number of nitrogens with two attached hydrogens (primary N) is 1. The van der Waals surface area contributed by atoms with Crippen molar-refractivity contribution in [3.8, 4) is 5.75 Å². The largest absolute Gasteiger partial charge is 0.496 e. The Labute approximate surface area is 118 Å². The van der Waals surface area contributed by atoms with E-state index in [4.69, 9.17) is 10.5 Å². The van der Waals surface area contributed by atoms with E-state index in [9.17, 15) is 13.2 Å². The third kappa shape index (κ3) is 3.92. The molecule has 0 saturated carbocycles. The topological polar surface area (TPSA) is 108 Å². The molecule has 0 atom stereocenters. The number of amides is 1. The first-order valence-electron chi connectivity index (χ1n) is 6.02. The summed E-state index contributed by atoms with van der Waals surface area (Å²) in [6.45, 7) is 2.23. The third-order valence-corrected chi connectivity index (χ3v) is 3.79. The van der Waals surface area contributed by atoms with Crippen molar-refractivity contribution < 1.29 is 22.1 Å². The lowest BCUT2D eigenvalue weighted by Crippen LogP contribution is -2.29. The molecule has 0 aliphatic rings. The molecule has 112 valence electrons. The Morgan fingerprint density at radius 3 is 2.65 bits per heavy atom. The zero-order valence-electron chi connectivity index (χ0n) is 11.4. The van der Waals surface area contributed by atoms with Gasteiger partial charge < -0.3 is 15.8 Å². The summed E-state index contributed by atoms with van der Waals surface area (Å²) in [4.78, 5) is 11.8. The number of methoxy groups -OCH3 is 1. The van der Waals surface area contributed by atoms with Crippen LogP contribution in [0.15, 0.2) is 23.1 Å². The van der Waals surface area contributed by atoms with Gasteiger partial charge in [-0.15, -0.1) is 0 Å². The van der Waals surface area contributed by atoms with Gasteiger partial charge in [-0.2, -0.15) is 8.42 Å². The lowest BCUT2D eigenvalue weighted by molar-refractivity contribution is 0.0951. The first-order chi connectivity index (χ1) is 9.46. The van der Waals surface area contributed by atoms with Gasteiger partial charge in [-0.25, -0.2) is 0 Å². The normalized spacial score (nSPS) is 11.2. The third-order valence-electron chi connectivity index (χ3n) is 2.41. The number of rotatable bonds is 7. The molecule has 0 aromatic heterocycles. The van der Waals surface area contributed by atoms with Gasteiger partial charge in [0, 0.05) is 19.2 Å². The molecule has 0 fully saturated rings. The van der Waals surface area contributed by atoms with Crippen LogP contribution in [0.5, 0.6) is 5.75 Å². The van der Waals surface area contributed by atoms with Gasteiger partial charge >= 0.3 is 0 Å². The quantitative estimate of drug-likeness (QED) is 0.692. The van der Waals surface area contributed by atoms with E-state index in [1.165, 1.54) is 25.3 Å². The maximum absolute atomic E-state index is 11.8. The van der Waals surface area contributed by atoms with Crippen molar-refractivity contribution in [3.63, 3.8) is 0 Å². The Hall–Kier alpha value is -1.64. The van der Waals surface area contributed by atoms with Gasteiger partial charge in [-0.3, -0.25) is 8.98 Å². The minimum atomic E-state index is -3.83. The molecule has 0 radical (unpaired) electrons. The number of hydrogen-bond acceptors (Lipinski definition) is 6. The Kier molecular flexibility index (Phi) is 5.93. The average molecular weight is 302 g/mol. The van der Waals surface area contributed by atoms with Crippen LogP contribution in [0.1, 0.15) is 17.3 Å². The van der Waals surface area contributed by atoms with Crippen LogP contribution < -0.4 is 15.8 Å². The number of nitrogens with one attached hydrogen (secondary N) is 1. The predicted molar refractivity (Wildman–Crippen MR) is 73.2 cm³/mol. The van der Waals surface area contributed by atoms with Crippen molar-refractivity contribution >= 4 is 16.0 Å². The second-order valence-corrected chi connectivity index (χ2v) is 5.38. The van der Waals surface area contributed by atoms with Crippen LogP contribution in [0.3, 0.4) is 0 Å². The molecule has 0 saturated heterocycles. The van der Waals surface area contributed by atoms with Crippen molar-refractivity contribution in [1.82, 2.24) is 5.32 Å². The lowest BCUT2D eigenvalue weighted by Gasteiger charge is -2.11. The maximum Gasteiger partial charge on any atom is 0.297 e. The monoisotopic (exact) mass is 302 g/mol. The highest BCUT2D eigenvalue weighted by molar-refractivity contribution is 7.86. The Balaban J connectivity index is 3.11. The van der Waals surface area contributed by atoms with Crippen molar-refractivity contribution in [2.24, 2.45) is 5.73 Å². The Morgan fingerprint density at radius 1 is 1.40 bits per heavy atom. The second-order valence-electron chi connectivity index (χ2n) is 3.77. The molecule has 0 aliphatic heterocycles. The van der Waals surface area contributed by atoms with Crippen LogP contribution >= 0.6 is 0 Å². The molecule has 1 amide bonds. The highest BCUT2D eigenvalue weighted by Gasteiger charge is 2.19. The highest BCUT2D eigenvalue weighted by atomic mass is 32.2. The molecule has 1 aromatic carbocycles. The first-order valence-corrected chi connectivity index (χ1v) is 7.42. The summed E-state index contributed by atoms with van der Waals surface area (Å²) in [6, 6.07) is 3.92. The van der Waals surface area contributed by atoms with Crippen molar-refractivity contribution in [1.29, 1.82) is 0 Å². The van der Waals surface area contributed by atoms with Crippen LogP contribution in [0.2, 0.25) is 0 Å². The molecule has 0 spiro atoms. The fraction of sp³-hybridized carbons (Fsp3) is 0.417. The van der Waals surface area contributed by atoms with E-state index >= 15 is 0 Å². The van der Waals surface area contributed by atoms with Crippen LogP contribution in [0.4, 0.5) is 0 Å². The van der Waals surface area contributed by atoms with E-state index in [0.717, 1.165) is 0 Å². The van der Waals surface area contributed by atoms with Crippen LogP contribution in [-0.4, -0.2) is 41.1 Å². The minimum absolute atomic E-state index is 0.0311. The summed E-state index contributed by atoms with van der Waals surface area (Å²) in [6.07, 6.45) is 0. The summed E-state index contributed by atoms with van der Waals surface area (Å²) < 4.78 is 33.2. The minimum Gasteiger partial charge on any atom is -0.496 e. The number of hydrogen-bond donors (Lipinski definition) is 2. The second kappa shape index (κ2) is 7.22. The summed E-state index contributed by atoms with van der Waals surface area (Å²) in [5.74, 6) is -0.229. The van der Waals surface area contributed by atoms with Gasteiger partial charge in [-0.05, 0) is 19.1 Å². The number of ether oxygens (including phenoxy) is 1. The molecule has 20 heavy (non-hydrogen) atoms. The number of benzene rings is 1. The standard InChI is InChI=1S/C12H18N2O5S/c1-3-19-20(16,17)9-4-5-10(11(8-9)18-2)12(15)14-7-6-13/h4-5,8H,3,6-7,13H2,1-2H3,(H,14,15). The Morgan fingerprint density at radius 2 is 2.10 bits per heavy atom. The molecule has 0 bridgehead atoms. The molecule has 0 unspecified atom stereocenters. The van der Waals surface area contributed by atoms with Crippen LogP contribution in [0, 0.1) is 0 Å². The van der Waals surface area contributed by atoms with Crippen LogP contribution in [-0.2, 0) is 14.3 Å². The predicted octanol–water partition coefficient (Wildman–Crippen LogP) is 0.109. The van der Waals surface area contributed by atoms with Crippen LogP contribution in [0.25, 0.3) is 0 Å². The molecule has 8 heteroatoms. The summed E-state index contributed by atoms with van der Waals surface area (Å²) >= 11 is 0. The lowest BCUT2D eigenvalue weighted by atomic mass is 10.2. The fourth-order valence-electron chi connectivity index (χ4n) is 1.52. The smallest absolute Gasteiger partial charge is 0.297 e. The first kappa shape index (κ1) is 16.4. The summed E-state index contributed by atoms with van der Waals surface area (Å²) in [5, 5.41) is 2.58. The molecule has 7 nitrogen and oxygen atoms in total. The van der Waals surface area contributed by atoms with Crippen molar-refractivity contribution in [2.45, 2.75) is 11.8 Å². The van der Waals surface area contributed by atoms with E-state index in [0.29, 0.717) is 13.1 Å². The van der Waals surface area contributed by atoms with Gasteiger partial charge in [-0.1, -0.05) is 0 Å². The average Bonchev–Trinajstić information content (AvgIpc) is 2.43. The molecule has 3 N–H and O–H groups in total. The number of carbonyl (C=O) groups excluding carboxylic acids is 1. The molecular weight excluding hydrogens is 284 g/mol. The van der Waals surface area contributed by atoms with Crippen molar-refractivity contribution in [3.05, 3.63) is 23.8 Å². The SMILES string of the molecule is CCOS(=O)(=O)c1ccc(C(=O)NCCN)c(OC)c1. The van der Waals surface area contributed by atoms with E-state index in [2.05, 4.69) is 9.50 Å². The van der Waals surface area contributed by atoms with E-state index < -0.39 is 10.1 Å². The van der Waals surface area contributed by atoms with E-state index in [1.54, 1.807) is 6.92 Å². The number of carbonyl (C=O) groups is 1. The Bertz CT molecular complexity index is 571. The molecule has 0 aliphatic carbocycles. The molecule has 0 heterocycles. The fourth-order valence-corrected chi connectivity index (χ4v) is 2.45. The van der Waals surface area contributed by atoms with Crippen molar-refractivity contribution in [2.75, 3.05) is 26.8 Å².